The maximum atomic E-state index is 12.0. The Morgan fingerprint density at radius 2 is 2.14 bits per heavy atom. The number of guanidine groups is 1. The number of nitrogens with one attached hydrogen (secondary N) is 2. The SMILES string of the molecule is CCS(=O)C1CCCC(NC(=NC)NCC2CCCO2)C1.I. The minimum Gasteiger partial charge on any atom is -0.376 e. The average molecular weight is 443 g/mol. The van der Waals surface area contributed by atoms with Crippen LogP contribution in [0.1, 0.15) is 45.4 Å². The van der Waals surface area contributed by atoms with Crippen LogP contribution < -0.4 is 10.6 Å². The molecule has 1 saturated heterocycles. The number of aliphatic imine (C=N–C) groups is 1. The van der Waals surface area contributed by atoms with Crippen LogP contribution >= 0.6 is 24.0 Å². The average Bonchev–Trinajstić information content (AvgIpc) is 3.04. The third-order valence-electron chi connectivity index (χ3n) is 4.37. The second-order valence-corrected chi connectivity index (χ2v) is 7.89. The molecule has 0 aromatic rings. The summed E-state index contributed by atoms with van der Waals surface area (Å²) in [6.07, 6.45) is 6.97. The molecule has 1 aliphatic carbocycles. The van der Waals surface area contributed by atoms with Crippen molar-refractivity contribution < 1.29 is 8.95 Å². The van der Waals surface area contributed by atoms with E-state index in [1.54, 1.807) is 7.05 Å². The predicted octanol–water partition coefficient (Wildman–Crippen LogP) is 2.03. The molecule has 22 heavy (non-hydrogen) atoms. The molecule has 2 N–H and O–H groups in total. The molecule has 0 aromatic carbocycles. The molecule has 0 amide bonds. The topological polar surface area (TPSA) is 62.7 Å². The van der Waals surface area contributed by atoms with Gasteiger partial charge in [0.25, 0.3) is 0 Å². The van der Waals surface area contributed by atoms with Gasteiger partial charge in [0.2, 0.25) is 0 Å². The largest absolute Gasteiger partial charge is 0.376 e. The first-order valence-corrected chi connectivity index (χ1v) is 9.57. The molecular formula is C15H30IN3O2S. The third-order valence-corrected chi connectivity index (χ3v) is 6.11. The Morgan fingerprint density at radius 1 is 1.32 bits per heavy atom. The highest BCUT2D eigenvalue weighted by Crippen LogP contribution is 2.23. The summed E-state index contributed by atoms with van der Waals surface area (Å²) in [5, 5.41) is 7.19. The van der Waals surface area contributed by atoms with E-state index in [4.69, 9.17) is 4.74 Å². The molecule has 2 rings (SSSR count). The van der Waals surface area contributed by atoms with Gasteiger partial charge in [-0.15, -0.1) is 24.0 Å². The highest BCUT2D eigenvalue weighted by Gasteiger charge is 2.26. The molecule has 0 bridgehead atoms. The zero-order valence-corrected chi connectivity index (χ0v) is 16.8. The van der Waals surface area contributed by atoms with E-state index in [2.05, 4.69) is 15.6 Å². The van der Waals surface area contributed by atoms with Crippen LogP contribution in [0.2, 0.25) is 0 Å². The molecule has 130 valence electrons. The van der Waals surface area contributed by atoms with Crippen LogP contribution in [0.4, 0.5) is 0 Å². The van der Waals surface area contributed by atoms with Crippen LogP contribution in [0, 0.1) is 0 Å². The smallest absolute Gasteiger partial charge is 0.191 e. The van der Waals surface area contributed by atoms with Crippen molar-refractivity contribution in [2.75, 3.05) is 26.0 Å². The van der Waals surface area contributed by atoms with Crippen LogP contribution in [0.15, 0.2) is 4.99 Å². The van der Waals surface area contributed by atoms with Crippen molar-refractivity contribution in [3.05, 3.63) is 0 Å². The first-order valence-electron chi connectivity index (χ1n) is 8.19. The number of nitrogens with zero attached hydrogens (tertiary/aromatic N) is 1. The summed E-state index contributed by atoms with van der Waals surface area (Å²) in [7, 11) is 1.12. The van der Waals surface area contributed by atoms with E-state index in [0.717, 1.165) is 63.4 Å². The van der Waals surface area contributed by atoms with E-state index in [1.165, 1.54) is 0 Å². The Labute approximate surface area is 153 Å². The Balaban J connectivity index is 0.00000242. The summed E-state index contributed by atoms with van der Waals surface area (Å²) in [4.78, 5) is 4.30. The Hall–Kier alpha value is 0.110. The fourth-order valence-electron chi connectivity index (χ4n) is 3.15. The van der Waals surface area contributed by atoms with Gasteiger partial charge in [0.1, 0.15) is 0 Å². The molecule has 4 atom stereocenters. The van der Waals surface area contributed by atoms with Crippen molar-refractivity contribution in [2.45, 2.75) is 62.8 Å². The summed E-state index contributed by atoms with van der Waals surface area (Å²) >= 11 is 0. The highest BCUT2D eigenvalue weighted by atomic mass is 127. The number of rotatable bonds is 5. The molecule has 1 heterocycles. The first-order chi connectivity index (χ1) is 10.2. The lowest BCUT2D eigenvalue weighted by Crippen LogP contribution is -2.48. The summed E-state index contributed by atoms with van der Waals surface area (Å²) in [6, 6.07) is 0.384. The monoisotopic (exact) mass is 443 g/mol. The van der Waals surface area contributed by atoms with E-state index in [0.29, 0.717) is 17.4 Å². The fraction of sp³-hybridized carbons (Fsp3) is 0.933. The quantitative estimate of drug-likeness (QED) is 0.388. The predicted molar refractivity (Wildman–Crippen MR) is 104 cm³/mol. The van der Waals surface area contributed by atoms with Gasteiger partial charge in [-0.1, -0.05) is 13.3 Å². The summed E-state index contributed by atoms with van der Waals surface area (Å²) in [6.45, 7) is 3.71. The van der Waals surface area contributed by atoms with Gasteiger partial charge in [0.05, 0.1) is 6.10 Å². The number of hydrogen-bond acceptors (Lipinski definition) is 3. The molecule has 7 heteroatoms. The second kappa shape index (κ2) is 10.8. The van der Waals surface area contributed by atoms with Crippen molar-refractivity contribution in [3.8, 4) is 0 Å². The Kier molecular flexibility index (Phi) is 9.90. The summed E-state index contributed by atoms with van der Waals surface area (Å²) in [5.74, 6) is 1.61. The molecule has 1 saturated carbocycles. The van der Waals surface area contributed by atoms with Gasteiger partial charge in [-0.2, -0.15) is 0 Å². The standard InChI is InChI=1S/C15H29N3O2S.HI/c1-3-21(19)14-8-4-6-12(10-14)18-15(16-2)17-11-13-7-5-9-20-13;/h12-14H,3-11H2,1-2H3,(H2,16,17,18);1H. The first kappa shape index (κ1) is 20.2. The van der Waals surface area contributed by atoms with Gasteiger partial charge in [-0.05, 0) is 32.1 Å². The van der Waals surface area contributed by atoms with Gasteiger partial charge in [-0.3, -0.25) is 9.20 Å². The van der Waals surface area contributed by atoms with Gasteiger partial charge >= 0.3 is 0 Å². The summed E-state index contributed by atoms with van der Waals surface area (Å²) < 4.78 is 17.6. The van der Waals surface area contributed by atoms with E-state index in [9.17, 15) is 4.21 Å². The van der Waals surface area contributed by atoms with Gasteiger partial charge in [0.15, 0.2) is 5.96 Å². The van der Waals surface area contributed by atoms with Crippen molar-refractivity contribution in [3.63, 3.8) is 0 Å². The highest BCUT2D eigenvalue weighted by molar-refractivity contribution is 14.0. The third kappa shape index (κ3) is 6.31. The van der Waals surface area contributed by atoms with Gasteiger partial charge in [-0.25, -0.2) is 0 Å². The Bertz CT molecular complexity index is 376. The molecule has 5 nitrogen and oxygen atoms in total. The van der Waals surface area contributed by atoms with Crippen LogP contribution in [0.3, 0.4) is 0 Å². The molecule has 0 radical (unpaired) electrons. The fourth-order valence-corrected chi connectivity index (χ4v) is 4.50. The normalized spacial score (nSPS) is 30.5. The molecule has 2 aliphatic rings. The number of ether oxygens (including phenoxy) is 1. The van der Waals surface area contributed by atoms with Crippen LogP contribution in [-0.2, 0) is 15.5 Å². The molecule has 1 aliphatic heterocycles. The number of halogens is 1. The van der Waals surface area contributed by atoms with Crippen molar-refractivity contribution in [1.82, 2.24) is 10.6 Å². The maximum absolute atomic E-state index is 12.0. The molecular weight excluding hydrogens is 413 g/mol. The van der Waals surface area contributed by atoms with Crippen LogP contribution in [-0.4, -0.2) is 53.5 Å². The Morgan fingerprint density at radius 3 is 2.77 bits per heavy atom. The van der Waals surface area contributed by atoms with Gasteiger partial charge in [0, 0.05) is 48.0 Å². The molecule has 2 fully saturated rings. The van der Waals surface area contributed by atoms with Crippen LogP contribution in [0.5, 0.6) is 0 Å². The van der Waals surface area contributed by atoms with Crippen molar-refractivity contribution in [1.29, 1.82) is 0 Å². The maximum Gasteiger partial charge on any atom is 0.191 e. The van der Waals surface area contributed by atoms with Crippen molar-refractivity contribution >= 4 is 40.7 Å². The zero-order chi connectivity index (χ0) is 15.1. The lowest BCUT2D eigenvalue weighted by atomic mass is 9.95. The van der Waals surface area contributed by atoms with Crippen molar-refractivity contribution in [2.24, 2.45) is 4.99 Å². The van der Waals surface area contributed by atoms with Crippen LogP contribution in [0.25, 0.3) is 0 Å². The zero-order valence-electron chi connectivity index (χ0n) is 13.7. The van der Waals surface area contributed by atoms with Gasteiger partial charge < -0.3 is 15.4 Å². The minimum atomic E-state index is -0.677. The summed E-state index contributed by atoms with van der Waals surface area (Å²) in [5.41, 5.74) is 0. The lowest BCUT2D eigenvalue weighted by Gasteiger charge is -2.30. The van der Waals surface area contributed by atoms with E-state index in [1.807, 2.05) is 6.92 Å². The molecule has 0 spiro atoms. The van der Waals surface area contributed by atoms with E-state index >= 15 is 0 Å². The second-order valence-electron chi connectivity index (χ2n) is 5.89. The lowest BCUT2D eigenvalue weighted by molar-refractivity contribution is 0.113. The van der Waals surface area contributed by atoms with E-state index in [-0.39, 0.29) is 24.0 Å². The minimum absolute atomic E-state index is 0. The van der Waals surface area contributed by atoms with E-state index < -0.39 is 10.8 Å². The molecule has 4 unspecified atom stereocenters. The number of hydrogen-bond donors (Lipinski definition) is 2. The molecule has 0 aromatic heterocycles.